The predicted octanol–water partition coefficient (Wildman–Crippen LogP) is 10.5. The van der Waals surface area contributed by atoms with E-state index in [0.29, 0.717) is 12.8 Å². The van der Waals surface area contributed by atoms with Crippen LogP contribution in [-0.2, 0) is 14.9 Å². The van der Waals surface area contributed by atoms with Gasteiger partial charge in [-0.1, -0.05) is 192 Å². The number of aliphatic hydroxyl groups is 2. The zero-order valence-corrected chi connectivity index (χ0v) is 32.0. The lowest BCUT2D eigenvalue weighted by Gasteiger charge is -2.22. The lowest BCUT2D eigenvalue weighted by Crippen LogP contribution is -2.50. The molecule has 284 valence electrons. The van der Waals surface area contributed by atoms with E-state index in [9.17, 15) is 28.0 Å². The maximum Gasteiger partial charge on any atom is 0.267 e. The molecule has 3 unspecified atom stereocenters. The molecule has 4 N–H and O–H groups in total. The highest BCUT2D eigenvalue weighted by Gasteiger charge is 2.27. The zero-order chi connectivity index (χ0) is 35.6. The van der Waals surface area contributed by atoms with Crippen LogP contribution in [0.25, 0.3) is 0 Å². The molecule has 0 bridgehead atoms. The van der Waals surface area contributed by atoms with E-state index in [2.05, 4.69) is 31.3 Å². The van der Waals surface area contributed by atoms with Crippen molar-refractivity contribution in [3.05, 3.63) is 24.3 Å². The van der Waals surface area contributed by atoms with Crippen LogP contribution in [-0.4, -0.2) is 53.1 Å². The normalized spacial score (nSPS) is 14.2. The fraction of sp³-hybridized carbons (Fsp3) is 0.875. The molecule has 0 aliphatic heterocycles. The van der Waals surface area contributed by atoms with Crippen LogP contribution in [0.3, 0.4) is 0 Å². The molecule has 0 aromatic heterocycles. The van der Waals surface area contributed by atoms with Gasteiger partial charge in [0.2, 0.25) is 5.91 Å². The molecule has 3 atom stereocenters. The molecule has 0 aromatic carbocycles. The van der Waals surface area contributed by atoms with Gasteiger partial charge in [-0.3, -0.25) is 9.35 Å². The van der Waals surface area contributed by atoms with Crippen molar-refractivity contribution in [1.29, 1.82) is 0 Å². The van der Waals surface area contributed by atoms with E-state index in [1.165, 1.54) is 141 Å². The molecule has 8 heteroatoms. The topological polar surface area (TPSA) is 124 Å². The van der Waals surface area contributed by atoms with Crippen molar-refractivity contribution >= 4 is 16.0 Å². The summed E-state index contributed by atoms with van der Waals surface area (Å²) in [5.41, 5.74) is 0. The second-order valence-corrected chi connectivity index (χ2v) is 15.6. The Balaban J connectivity index is 4.04. The summed E-state index contributed by atoms with van der Waals surface area (Å²) in [4.78, 5) is 12.5. The Hall–Kier alpha value is -1.22. The molecule has 0 spiro atoms. The number of allylic oxidation sites excluding steroid dienone is 3. The Morgan fingerprint density at radius 2 is 0.938 bits per heavy atom. The molecular formula is C40H77NO6S. The Kier molecular flexibility index (Phi) is 33.4. The molecule has 0 saturated heterocycles. The summed E-state index contributed by atoms with van der Waals surface area (Å²) >= 11 is 0. The summed E-state index contributed by atoms with van der Waals surface area (Å²) in [5.74, 6) is -1.55. The molecule has 0 aliphatic rings. The Bertz CT molecular complexity index is 875. The Labute approximate surface area is 297 Å². The number of amides is 1. The van der Waals surface area contributed by atoms with Gasteiger partial charge < -0.3 is 15.5 Å². The van der Waals surface area contributed by atoms with E-state index in [1.54, 1.807) is 6.08 Å². The largest absolute Gasteiger partial charge is 0.387 e. The fourth-order valence-electron chi connectivity index (χ4n) is 6.12. The first-order valence-electron chi connectivity index (χ1n) is 20.1. The van der Waals surface area contributed by atoms with E-state index in [1.807, 2.05) is 0 Å². The first-order chi connectivity index (χ1) is 23.2. The molecule has 0 rings (SSSR count). The number of hydrogen-bond donors (Lipinski definition) is 4. The minimum absolute atomic E-state index is 0.276. The SMILES string of the molecule is CCCCCCCCCCCCCCCCC/C=C/CC/C=C/C(O)C(CS(=O)(=O)O)NC(=O)C(O)CCCCCCCCCCCC. The number of nitrogens with one attached hydrogen (secondary N) is 1. The predicted molar refractivity (Wildman–Crippen MR) is 204 cm³/mol. The van der Waals surface area contributed by atoms with E-state index in [0.717, 1.165) is 32.1 Å². The van der Waals surface area contributed by atoms with Crippen molar-refractivity contribution in [2.75, 3.05) is 5.75 Å². The van der Waals surface area contributed by atoms with Gasteiger partial charge in [0.25, 0.3) is 10.1 Å². The molecule has 0 aromatic rings. The van der Waals surface area contributed by atoms with Crippen LogP contribution < -0.4 is 5.32 Å². The van der Waals surface area contributed by atoms with Crippen molar-refractivity contribution in [3.8, 4) is 0 Å². The number of carbonyl (C=O) groups is 1. The molecule has 0 fully saturated rings. The van der Waals surface area contributed by atoms with Crippen LogP contribution >= 0.6 is 0 Å². The zero-order valence-electron chi connectivity index (χ0n) is 31.2. The van der Waals surface area contributed by atoms with E-state index < -0.39 is 40.0 Å². The summed E-state index contributed by atoms with van der Waals surface area (Å²) in [6.07, 6.45) is 39.6. The maximum atomic E-state index is 12.5. The van der Waals surface area contributed by atoms with Crippen LogP contribution in [0.4, 0.5) is 0 Å². The van der Waals surface area contributed by atoms with E-state index in [4.69, 9.17) is 0 Å². The van der Waals surface area contributed by atoms with Crippen LogP contribution in [0, 0.1) is 0 Å². The van der Waals surface area contributed by atoms with Crippen molar-refractivity contribution in [2.24, 2.45) is 0 Å². The van der Waals surface area contributed by atoms with Gasteiger partial charge in [-0.25, -0.2) is 0 Å². The molecule has 0 saturated carbocycles. The van der Waals surface area contributed by atoms with Gasteiger partial charge in [-0.15, -0.1) is 0 Å². The molecule has 0 heterocycles. The highest BCUT2D eigenvalue weighted by molar-refractivity contribution is 7.85. The fourth-order valence-corrected chi connectivity index (χ4v) is 6.85. The number of unbranched alkanes of at least 4 members (excludes halogenated alkanes) is 25. The third kappa shape index (κ3) is 33.3. The third-order valence-corrected chi connectivity index (χ3v) is 10.0. The van der Waals surface area contributed by atoms with Crippen LogP contribution in [0.5, 0.6) is 0 Å². The van der Waals surface area contributed by atoms with Crippen LogP contribution in [0.2, 0.25) is 0 Å². The standard InChI is InChI=1S/C40H77NO6S/c1-3-5-7-9-11-13-15-16-17-18-19-20-21-22-23-24-25-27-28-30-32-34-38(42)37(36-48(45,46)47)41-40(44)39(43)35-33-31-29-26-14-12-10-8-6-4-2/h25,27,32,34,37-39,42-43H,3-24,26,28-31,33,35-36H2,1-2H3,(H,41,44)(H,45,46,47)/b27-25+,34-32+. The third-order valence-electron chi connectivity index (χ3n) is 9.24. The summed E-state index contributed by atoms with van der Waals surface area (Å²) in [6.45, 7) is 4.48. The lowest BCUT2D eigenvalue weighted by atomic mass is 10.0. The number of aliphatic hydroxyl groups excluding tert-OH is 2. The number of carbonyl (C=O) groups excluding carboxylic acids is 1. The first kappa shape index (κ1) is 46.8. The molecule has 48 heavy (non-hydrogen) atoms. The van der Waals surface area contributed by atoms with Gasteiger partial charge in [-0.05, 0) is 32.1 Å². The van der Waals surface area contributed by atoms with Gasteiger partial charge in [0, 0.05) is 0 Å². The summed E-state index contributed by atoms with van der Waals surface area (Å²) < 4.78 is 32.4. The average Bonchev–Trinajstić information content (AvgIpc) is 3.05. The second-order valence-electron chi connectivity index (χ2n) is 14.1. The van der Waals surface area contributed by atoms with Crippen LogP contribution in [0.15, 0.2) is 24.3 Å². The molecule has 0 aliphatic carbocycles. The maximum absolute atomic E-state index is 12.5. The van der Waals surface area contributed by atoms with Gasteiger partial charge in [0.05, 0.1) is 17.9 Å². The molecule has 0 radical (unpaired) electrons. The monoisotopic (exact) mass is 700 g/mol. The highest BCUT2D eigenvalue weighted by Crippen LogP contribution is 2.15. The lowest BCUT2D eigenvalue weighted by molar-refractivity contribution is -0.130. The minimum atomic E-state index is -4.44. The number of rotatable bonds is 36. The second kappa shape index (κ2) is 34.2. The van der Waals surface area contributed by atoms with Gasteiger partial charge in [0.1, 0.15) is 6.10 Å². The van der Waals surface area contributed by atoms with Crippen LogP contribution in [0.1, 0.15) is 200 Å². The van der Waals surface area contributed by atoms with Gasteiger partial charge in [0.15, 0.2) is 0 Å². The summed E-state index contributed by atoms with van der Waals surface area (Å²) in [6, 6.07) is -1.24. The average molecular weight is 700 g/mol. The summed E-state index contributed by atoms with van der Waals surface area (Å²) in [5, 5.41) is 23.3. The van der Waals surface area contributed by atoms with Gasteiger partial charge >= 0.3 is 0 Å². The minimum Gasteiger partial charge on any atom is -0.387 e. The van der Waals surface area contributed by atoms with E-state index in [-0.39, 0.29) is 6.42 Å². The Morgan fingerprint density at radius 1 is 0.562 bits per heavy atom. The van der Waals surface area contributed by atoms with Crippen molar-refractivity contribution in [3.63, 3.8) is 0 Å². The summed E-state index contributed by atoms with van der Waals surface area (Å²) in [7, 11) is -4.44. The number of hydrogen-bond acceptors (Lipinski definition) is 5. The van der Waals surface area contributed by atoms with Crippen molar-refractivity contribution in [2.45, 2.75) is 218 Å². The van der Waals surface area contributed by atoms with Crippen molar-refractivity contribution < 1.29 is 28.0 Å². The smallest absolute Gasteiger partial charge is 0.267 e. The van der Waals surface area contributed by atoms with Crippen molar-refractivity contribution in [1.82, 2.24) is 5.32 Å². The highest BCUT2D eigenvalue weighted by atomic mass is 32.2. The quantitative estimate of drug-likeness (QED) is 0.0293. The van der Waals surface area contributed by atoms with E-state index >= 15 is 0 Å². The Morgan fingerprint density at radius 3 is 1.38 bits per heavy atom. The molecular weight excluding hydrogens is 623 g/mol. The first-order valence-corrected chi connectivity index (χ1v) is 21.8. The molecule has 1 amide bonds. The molecule has 7 nitrogen and oxygen atoms in total. The van der Waals surface area contributed by atoms with Gasteiger partial charge in [-0.2, -0.15) is 8.42 Å².